The SMILES string of the molecule is COC(=O)c1ccc([C@H]2c3c(oc4ccc(F)cc4c3=O)C(=O)N2c2nc(C)c(C(C)=O)s2)cc1. The van der Waals surface area contributed by atoms with Crippen LogP contribution >= 0.6 is 11.3 Å². The first-order valence-electron chi connectivity index (χ1n) is 10.5. The van der Waals surface area contributed by atoms with E-state index in [1.807, 2.05) is 0 Å². The van der Waals surface area contributed by atoms with E-state index in [0.29, 0.717) is 16.1 Å². The van der Waals surface area contributed by atoms with Gasteiger partial charge in [-0.15, -0.1) is 0 Å². The number of benzene rings is 2. The van der Waals surface area contributed by atoms with Gasteiger partial charge in [0.15, 0.2) is 16.3 Å². The van der Waals surface area contributed by atoms with Gasteiger partial charge in [0.1, 0.15) is 11.4 Å². The number of rotatable bonds is 4. The lowest BCUT2D eigenvalue weighted by atomic mass is 9.97. The summed E-state index contributed by atoms with van der Waals surface area (Å²) in [5, 5.41) is 0.204. The van der Waals surface area contributed by atoms with Crippen molar-refractivity contribution in [3.63, 3.8) is 0 Å². The van der Waals surface area contributed by atoms with Crippen molar-refractivity contribution in [2.24, 2.45) is 0 Å². The molecule has 176 valence electrons. The maximum Gasteiger partial charge on any atom is 0.337 e. The second-order valence-electron chi connectivity index (χ2n) is 7.97. The van der Waals surface area contributed by atoms with E-state index < -0.39 is 29.2 Å². The van der Waals surface area contributed by atoms with Crippen molar-refractivity contribution in [1.29, 1.82) is 0 Å². The molecule has 10 heteroatoms. The van der Waals surface area contributed by atoms with Crippen LogP contribution < -0.4 is 10.3 Å². The number of hydrogen-bond acceptors (Lipinski definition) is 8. The molecule has 1 aliphatic heterocycles. The summed E-state index contributed by atoms with van der Waals surface area (Å²) in [6.07, 6.45) is 0. The molecule has 0 saturated carbocycles. The fourth-order valence-electron chi connectivity index (χ4n) is 4.19. The fraction of sp³-hybridized carbons (Fsp3) is 0.160. The Morgan fingerprint density at radius 3 is 2.49 bits per heavy atom. The van der Waals surface area contributed by atoms with Gasteiger partial charge in [0.05, 0.1) is 40.2 Å². The monoisotopic (exact) mass is 492 g/mol. The number of aromatic nitrogens is 1. The smallest absolute Gasteiger partial charge is 0.337 e. The van der Waals surface area contributed by atoms with Crippen molar-refractivity contribution in [2.45, 2.75) is 19.9 Å². The molecule has 35 heavy (non-hydrogen) atoms. The molecule has 8 nitrogen and oxygen atoms in total. The topological polar surface area (TPSA) is 107 Å². The van der Waals surface area contributed by atoms with Crippen LogP contribution in [0.15, 0.2) is 51.7 Å². The van der Waals surface area contributed by atoms with Crippen LogP contribution in [0.5, 0.6) is 0 Å². The Hall–Kier alpha value is -4.18. The lowest BCUT2D eigenvalue weighted by Crippen LogP contribution is -2.29. The number of carbonyl (C=O) groups excluding carboxylic acids is 3. The first-order chi connectivity index (χ1) is 16.7. The van der Waals surface area contributed by atoms with E-state index in [4.69, 9.17) is 9.15 Å². The molecule has 1 aliphatic rings. The van der Waals surface area contributed by atoms with Gasteiger partial charge in [0.25, 0.3) is 5.91 Å². The third kappa shape index (κ3) is 3.53. The number of nitrogens with zero attached hydrogens (tertiary/aromatic N) is 2. The number of esters is 1. The first kappa shape index (κ1) is 22.6. The molecule has 1 amide bonds. The van der Waals surface area contributed by atoms with Crippen molar-refractivity contribution in [3.8, 4) is 0 Å². The fourth-order valence-corrected chi connectivity index (χ4v) is 5.18. The van der Waals surface area contributed by atoms with Crippen molar-refractivity contribution in [3.05, 3.63) is 91.5 Å². The number of halogens is 1. The molecule has 0 bridgehead atoms. The highest BCUT2D eigenvalue weighted by molar-refractivity contribution is 7.17. The van der Waals surface area contributed by atoms with Crippen LogP contribution in [-0.2, 0) is 4.74 Å². The van der Waals surface area contributed by atoms with E-state index in [1.54, 1.807) is 19.1 Å². The van der Waals surface area contributed by atoms with Crippen molar-refractivity contribution in [2.75, 3.05) is 12.0 Å². The Morgan fingerprint density at radius 2 is 1.86 bits per heavy atom. The summed E-state index contributed by atoms with van der Waals surface area (Å²) in [6, 6.07) is 8.73. The van der Waals surface area contributed by atoms with Gasteiger partial charge < -0.3 is 9.15 Å². The van der Waals surface area contributed by atoms with Crippen molar-refractivity contribution in [1.82, 2.24) is 4.98 Å². The summed E-state index contributed by atoms with van der Waals surface area (Å²) in [4.78, 5) is 57.1. The number of ketones is 1. The minimum absolute atomic E-state index is 0.00525. The Morgan fingerprint density at radius 1 is 1.14 bits per heavy atom. The Balaban J connectivity index is 1.77. The number of carbonyl (C=O) groups is 3. The second kappa shape index (κ2) is 8.24. The molecular formula is C25H17FN2O6S. The number of Topliss-reactive ketones (excluding diaryl/α,β-unsaturated/α-hetero) is 1. The molecule has 0 N–H and O–H groups in total. The molecule has 0 fully saturated rings. The molecule has 0 radical (unpaired) electrons. The average molecular weight is 492 g/mol. The third-order valence-corrected chi connectivity index (χ3v) is 7.05. The molecule has 1 atom stereocenters. The number of aryl methyl sites for hydroxylation is 1. The summed E-state index contributed by atoms with van der Waals surface area (Å²) in [7, 11) is 1.26. The number of hydrogen-bond donors (Lipinski definition) is 0. The highest BCUT2D eigenvalue weighted by Crippen LogP contribution is 2.43. The van der Waals surface area contributed by atoms with Gasteiger partial charge in [0.2, 0.25) is 5.76 Å². The van der Waals surface area contributed by atoms with Gasteiger partial charge >= 0.3 is 5.97 Å². The van der Waals surface area contributed by atoms with Crippen LogP contribution in [0.3, 0.4) is 0 Å². The van der Waals surface area contributed by atoms with Crippen LogP contribution in [0.1, 0.15) is 60.4 Å². The highest BCUT2D eigenvalue weighted by Gasteiger charge is 2.45. The predicted molar refractivity (Wildman–Crippen MR) is 126 cm³/mol. The molecule has 4 aromatic rings. The number of ether oxygens (including phenoxy) is 1. The largest absolute Gasteiger partial charge is 0.465 e. The maximum atomic E-state index is 13.9. The van der Waals surface area contributed by atoms with E-state index in [0.717, 1.165) is 23.5 Å². The van der Waals surface area contributed by atoms with Crippen LogP contribution in [0.25, 0.3) is 11.0 Å². The Kier molecular flexibility index (Phi) is 5.32. The van der Waals surface area contributed by atoms with Gasteiger partial charge in [0, 0.05) is 6.92 Å². The zero-order chi connectivity index (χ0) is 25.0. The van der Waals surface area contributed by atoms with E-state index in [9.17, 15) is 23.6 Å². The van der Waals surface area contributed by atoms with E-state index >= 15 is 0 Å². The van der Waals surface area contributed by atoms with Gasteiger partial charge in [-0.05, 0) is 42.8 Å². The van der Waals surface area contributed by atoms with Crippen LogP contribution in [0.4, 0.5) is 9.52 Å². The summed E-state index contributed by atoms with van der Waals surface area (Å²) >= 11 is 1.03. The number of thiazole rings is 1. The predicted octanol–water partition coefficient (Wildman–Crippen LogP) is 4.44. The quantitative estimate of drug-likeness (QED) is 0.306. The van der Waals surface area contributed by atoms with E-state index in [-0.39, 0.29) is 38.8 Å². The second-order valence-corrected chi connectivity index (χ2v) is 8.95. The van der Waals surface area contributed by atoms with E-state index in [1.165, 1.54) is 37.1 Å². The lowest BCUT2D eigenvalue weighted by Gasteiger charge is -2.22. The Bertz CT molecular complexity index is 1600. The Labute approximate surface area is 201 Å². The summed E-state index contributed by atoms with van der Waals surface area (Å²) in [5.74, 6) is -2.17. The standard InChI is InChI=1S/C25H17FN2O6S/c1-11-22(12(2)29)35-25(27-11)28-19(13-4-6-14(7-5-13)24(32)33-3)18-20(30)16-10-15(26)8-9-17(16)34-21(18)23(28)31/h4-10,19H,1-3H3/t19-/m0/s1. The van der Waals surface area contributed by atoms with Crippen LogP contribution in [-0.4, -0.2) is 29.8 Å². The van der Waals surface area contributed by atoms with Gasteiger partial charge in [-0.25, -0.2) is 14.2 Å². The zero-order valence-electron chi connectivity index (χ0n) is 18.7. The minimum Gasteiger partial charge on any atom is -0.465 e. The van der Waals surface area contributed by atoms with Crippen LogP contribution in [0, 0.1) is 12.7 Å². The van der Waals surface area contributed by atoms with Gasteiger partial charge in [-0.2, -0.15) is 0 Å². The summed E-state index contributed by atoms with van der Waals surface area (Å²) in [6.45, 7) is 3.06. The van der Waals surface area contributed by atoms with Crippen molar-refractivity contribution < 1.29 is 27.9 Å². The number of amides is 1. The molecule has 0 saturated heterocycles. The molecular weight excluding hydrogens is 475 g/mol. The molecule has 2 aromatic carbocycles. The van der Waals surface area contributed by atoms with Crippen LogP contribution in [0.2, 0.25) is 0 Å². The third-order valence-electron chi connectivity index (χ3n) is 5.79. The molecule has 0 spiro atoms. The number of fused-ring (bicyclic) bond motifs is 2. The maximum absolute atomic E-state index is 13.9. The van der Waals surface area contributed by atoms with E-state index in [2.05, 4.69) is 4.98 Å². The number of methoxy groups -OCH3 is 1. The number of anilines is 1. The average Bonchev–Trinajstić information content (AvgIpc) is 3.37. The molecule has 5 rings (SSSR count). The zero-order valence-corrected chi connectivity index (χ0v) is 19.6. The van der Waals surface area contributed by atoms with Gasteiger partial charge in [-0.1, -0.05) is 23.5 Å². The first-order valence-corrected chi connectivity index (χ1v) is 11.3. The summed E-state index contributed by atoms with van der Waals surface area (Å²) in [5.41, 5.74) is 0.765. The summed E-state index contributed by atoms with van der Waals surface area (Å²) < 4.78 is 24.5. The molecule has 0 unspecified atom stereocenters. The molecule has 2 aromatic heterocycles. The lowest BCUT2D eigenvalue weighted by molar-refractivity contribution is 0.0600. The van der Waals surface area contributed by atoms with Crippen molar-refractivity contribution >= 4 is 45.1 Å². The molecule has 0 aliphatic carbocycles. The molecule has 3 heterocycles. The highest BCUT2D eigenvalue weighted by atomic mass is 32.1. The minimum atomic E-state index is -0.974. The van der Waals surface area contributed by atoms with Gasteiger partial charge in [-0.3, -0.25) is 19.3 Å². The normalized spacial score (nSPS) is 14.9.